The number of alkyl halides is 3. The summed E-state index contributed by atoms with van der Waals surface area (Å²) in [4.78, 5) is 29.2. The molecule has 0 saturated heterocycles. The number of Topliss-reactive ketones (excluding diaryl/α,β-unsaturated/α-hetero) is 1. The third-order valence-electron chi connectivity index (χ3n) is 4.86. The van der Waals surface area contributed by atoms with Gasteiger partial charge in [0.05, 0.1) is 48.2 Å². The topological polar surface area (TPSA) is 80.1 Å². The molecule has 2 amide bonds. The number of amides is 2. The molecule has 3 heterocycles. The van der Waals surface area contributed by atoms with Crippen molar-refractivity contribution in [1.82, 2.24) is 19.7 Å². The van der Waals surface area contributed by atoms with E-state index in [0.29, 0.717) is 5.69 Å². The molecule has 7 nitrogen and oxygen atoms in total. The van der Waals surface area contributed by atoms with E-state index in [1.165, 1.54) is 15.8 Å². The quantitative estimate of drug-likeness (QED) is 0.454. The highest BCUT2D eigenvalue weighted by molar-refractivity contribution is 5.97. The van der Waals surface area contributed by atoms with E-state index in [1.54, 1.807) is 6.92 Å². The molecule has 1 aliphatic rings. The van der Waals surface area contributed by atoms with Gasteiger partial charge in [0.15, 0.2) is 5.78 Å². The molecule has 0 radical (unpaired) electrons. The van der Waals surface area contributed by atoms with Crippen molar-refractivity contribution in [3.63, 3.8) is 0 Å². The summed E-state index contributed by atoms with van der Waals surface area (Å²) in [7, 11) is 0. The van der Waals surface area contributed by atoms with Crippen LogP contribution in [0.25, 0.3) is 0 Å². The van der Waals surface area contributed by atoms with E-state index in [-0.39, 0.29) is 24.3 Å². The summed E-state index contributed by atoms with van der Waals surface area (Å²) in [5.74, 6) is -4.77. The largest absolute Gasteiger partial charge is 0.391 e. The zero-order valence-corrected chi connectivity index (χ0v) is 16.0. The molecule has 30 heavy (non-hydrogen) atoms. The number of hydrogen-bond donors (Lipinski definition) is 1. The lowest BCUT2D eigenvalue weighted by Crippen LogP contribution is -2.47. The van der Waals surface area contributed by atoms with Gasteiger partial charge >= 0.3 is 12.2 Å². The van der Waals surface area contributed by atoms with Gasteiger partial charge in [-0.15, -0.1) is 0 Å². The first kappa shape index (κ1) is 21.7. The Hall–Kier alpha value is -3.05. The number of pyridine rings is 1. The van der Waals surface area contributed by atoms with Crippen molar-refractivity contribution in [2.45, 2.75) is 45.6 Å². The van der Waals surface area contributed by atoms with Gasteiger partial charge in [0.25, 0.3) is 0 Å². The Kier molecular flexibility index (Phi) is 5.77. The van der Waals surface area contributed by atoms with E-state index in [2.05, 4.69) is 15.4 Å². The van der Waals surface area contributed by atoms with Crippen LogP contribution in [0.3, 0.4) is 0 Å². The van der Waals surface area contributed by atoms with Crippen LogP contribution < -0.4 is 5.32 Å². The van der Waals surface area contributed by atoms with Gasteiger partial charge in [0.1, 0.15) is 0 Å². The molecule has 3 rings (SSSR count). The smallest absolute Gasteiger partial charge is 0.314 e. The molecule has 12 heteroatoms. The van der Waals surface area contributed by atoms with Gasteiger partial charge in [0, 0.05) is 18.6 Å². The van der Waals surface area contributed by atoms with Gasteiger partial charge in [-0.1, -0.05) is 6.92 Å². The highest BCUT2D eigenvalue weighted by Gasteiger charge is 2.38. The number of nitrogens with zero attached hydrogens (tertiary/aromatic N) is 4. The fourth-order valence-electron chi connectivity index (χ4n) is 3.14. The molecule has 2 atom stereocenters. The van der Waals surface area contributed by atoms with E-state index in [4.69, 9.17) is 0 Å². The molecule has 2 aromatic heterocycles. The predicted octanol–water partition coefficient (Wildman–Crippen LogP) is 3.76. The molecule has 162 valence electrons. The molecule has 2 aromatic rings. The molecule has 1 aliphatic heterocycles. The molecule has 0 aromatic carbocycles. The van der Waals surface area contributed by atoms with Crippen LogP contribution in [0.5, 0.6) is 0 Å². The standard InChI is InChI=1S/C18H18F5N5O2/c1-9(18(21,22)23)3-14(29)12-6-24-28-7-10(2)27(8-13(12)28)17(30)25-11-4-15(19)26-16(20)5-11/h4-6,9-10H,3,7-8H2,1-2H3,(H,25,26,30)/t9-,10+/m0/s1. The lowest BCUT2D eigenvalue weighted by molar-refractivity contribution is -0.168. The third-order valence-corrected chi connectivity index (χ3v) is 4.86. The van der Waals surface area contributed by atoms with Crippen molar-refractivity contribution in [2.75, 3.05) is 5.32 Å². The normalized spacial score (nSPS) is 17.4. The number of anilines is 1. The Morgan fingerprint density at radius 3 is 2.50 bits per heavy atom. The number of aromatic nitrogens is 3. The molecule has 0 saturated carbocycles. The molecule has 0 aliphatic carbocycles. The average molecular weight is 431 g/mol. The Labute approximate surface area is 167 Å². The minimum Gasteiger partial charge on any atom is -0.314 e. The minimum absolute atomic E-state index is 0.0109. The monoisotopic (exact) mass is 431 g/mol. The molecular weight excluding hydrogens is 413 g/mol. The highest BCUT2D eigenvalue weighted by atomic mass is 19.4. The van der Waals surface area contributed by atoms with E-state index in [1.807, 2.05) is 0 Å². The fourth-order valence-corrected chi connectivity index (χ4v) is 3.14. The van der Waals surface area contributed by atoms with Crippen molar-refractivity contribution in [1.29, 1.82) is 0 Å². The first-order valence-electron chi connectivity index (χ1n) is 9.01. The van der Waals surface area contributed by atoms with Gasteiger partial charge in [-0.25, -0.2) is 4.79 Å². The van der Waals surface area contributed by atoms with E-state index in [9.17, 15) is 31.5 Å². The van der Waals surface area contributed by atoms with Crippen LogP contribution in [-0.2, 0) is 13.1 Å². The Bertz CT molecular complexity index is 954. The van der Waals surface area contributed by atoms with Gasteiger partial charge < -0.3 is 10.2 Å². The van der Waals surface area contributed by atoms with Crippen LogP contribution in [0.2, 0.25) is 0 Å². The molecule has 0 spiro atoms. The van der Waals surface area contributed by atoms with Crippen LogP contribution >= 0.6 is 0 Å². The van der Waals surface area contributed by atoms with Crippen LogP contribution in [-0.4, -0.2) is 43.7 Å². The van der Waals surface area contributed by atoms with E-state index >= 15 is 0 Å². The summed E-state index contributed by atoms with van der Waals surface area (Å²) < 4.78 is 66.3. The Morgan fingerprint density at radius 1 is 1.27 bits per heavy atom. The van der Waals surface area contributed by atoms with Crippen LogP contribution in [0.15, 0.2) is 18.3 Å². The van der Waals surface area contributed by atoms with Crippen molar-refractivity contribution in [3.8, 4) is 0 Å². The number of rotatable bonds is 4. The van der Waals surface area contributed by atoms with Crippen LogP contribution in [0, 0.1) is 17.8 Å². The summed E-state index contributed by atoms with van der Waals surface area (Å²) in [5, 5.41) is 6.40. The number of carbonyl (C=O) groups is 2. The summed E-state index contributed by atoms with van der Waals surface area (Å²) in [5.41, 5.74) is 0.165. The second-order valence-electron chi connectivity index (χ2n) is 7.17. The van der Waals surface area contributed by atoms with Crippen LogP contribution in [0.1, 0.15) is 36.3 Å². The van der Waals surface area contributed by atoms with Crippen LogP contribution in [0.4, 0.5) is 32.4 Å². The third kappa shape index (κ3) is 4.57. The maximum Gasteiger partial charge on any atom is 0.391 e. The highest BCUT2D eigenvalue weighted by Crippen LogP contribution is 2.30. The summed E-state index contributed by atoms with van der Waals surface area (Å²) in [6.07, 6.45) is -4.04. The van der Waals surface area contributed by atoms with Gasteiger partial charge in [-0.2, -0.15) is 32.0 Å². The lowest BCUT2D eigenvalue weighted by atomic mass is 9.99. The van der Waals surface area contributed by atoms with Gasteiger partial charge in [-0.05, 0) is 6.92 Å². The zero-order chi connectivity index (χ0) is 22.2. The SMILES string of the molecule is C[C@@H]1Cn2ncc(C(=O)C[C@H](C)C(F)(F)F)c2CN1C(=O)Nc1cc(F)nc(F)c1. The van der Waals surface area contributed by atoms with Crippen molar-refractivity contribution in [3.05, 3.63) is 41.5 Å². The summed E-state index contributed by atoms with van der Waals surface area (Å²) in [6.45, 7) is 2.71. The lowest BCUT2D eigenvalue weighted by Gasteiger charge is -2.34. The first-order valence-corrected chi connectivity index (χ1v) is 9.01. The Balaban J connectivity index is 1.78. The first-order chi connectivity index (χ1) is 14.0. The molecule has 0 unspecified atom stereocenters. The number of nitrogens with one attached hydrogen (secondary N) is 1. The maximum absolute atomic E-state index is 13.2. The number of fused-ring (bicyclic) bond motifs is 1. The van der Waals surface area contributed by atoms with Crippen molar-refractivity contribution < 1.29 is 31.5 Å². The van der Waals surface area contributed by atoms with Gasteiger partial charge in [-0.3, -0.25) is 9.48 Å². The summed E-state index contributed by atoms with van der Waals surface area (Å²) >= 11 is 0. The molecule has 0 bridgehead atoms. The number of halogens is 5. The number of urea groups is 1. The number of hydrogen-bond acceptors (Lipinski definition) is 4. The molecular formula is C18H18F5N5O2. The van der Waals surface area contributed by atoms with Crippen molar-refractivity contribution in [2.24, 2.45) is 5.92 Å². The average Bonchev–Trinajstić information content (AvgIpc) is 3.01. The molecule has 1 N–H and O–H groups in total. The second kappa shape index (κ2) is 8.00. The fraction of sp³-hybridized carbons (Fsp3) is 0.444. The Morgan fingerprint density at radius 2 is 1.90 bits per heavy atom. The van der Waals surface area contributed by atoms with E-state index in [0.717, 1.165) is 19.1 Å². The number of carbonyl (C=O) groups excluding carboxylic acids is 2. The zero-order valence-electron chi connectivity index (χ0n) is 16.0. The number of ketones is 1. The predicted molar refractivity (Wildman–Crippen MR) is 94.6 cm³/mol. The second-order valence-corrected chi connectivity index (χ2v) is 7.17. The van der Waals surface area contributed by atoms with Gasteiger partial charge in [0.2, 0.25) is 11.9 Å². The molecule has 0 fully saturated rings. The van der Waals surface area contributed by atoms with E-state index < -0.39 is 48.3 Å². The minimum atomic E-state index is -4.50. The summed E-state index contributed by atoms with van der Waals surface area (Å²) in [6, 6.07) is 0.591. The van der Waals surface area contributed by atoms with Crippen molar-refractivity contribution >= 4 is 17.5 Å². The maximum atomic E-state index is 13.2.